The molecular weight excluding hydrogens is 699 g/mol. The van der Waals surface area contributed by atoms with Gasteiger partial charge in [-0.3, -0.25) is 0 Å². The van der Waals surface area contributed by atoms with Gasteiger partial charge in [0.25, 0.3) is 0 Å². The van der Waals surface area contributed by atoms with E-state index in [2.05, 4.69) is 72.7 Å². The van der Waals surface area contributed by atoms with Crippen molar-refractivity contribution in [2.45, 2.75) is 73.3 Å². The molecule has 5 rings (SSSR count). The summed E-state index contributed by atoms with van der Waals surface area (Å²) in [7, 11) is -0.101. The normalized spacial score (nSPS) is 24.1. The van der Waals surface area contributed by atoms with Crippen molar-refractivity contribution in [1.82, 2.24) is 0 Å². The van der Waals surface area contributed by atoms with E-state index in [1.807, 2.05) is 54.6 Å². The van der Waals surface area contributed by atoms with Crippen LogP contribution < -0.4 is 0 Å². The second-order valence-corrected chi connectivity index (χ2v) is 22.8. The number of rotatable bonds is 6. The van der Waals surface area contributed by atoms with Crippen LogP contribution in [0.2, 0.25) is 0 Å². The molecule has 0 amide bonds. The second kappa shape index (κ2) is 18.6. The molecule has 3 nitrogen and oxygen atoms in total. The molecule has 0 atom stereocenters. The minimum Gasteiger partial charge on any atom is -0.238 e. The molecule has 3 aromatic carbocycles. The molecule has 0 N–H and O–H groups in total. The maximum Gasteiger partial charge on any atom is 3.00 e. The molecule has 1 radical (unpaired) electrons. The zero-order valence-electron chi connectivity index (χ0n) is 28.4. The molecule has 0 spiro atoms. The first-order chi connectivity index (χ1) is 21.7. The number of hydrogen-bond donors (Lipinski definition) is 0. The summed E-state index contributed by atoms with van der Waals surface area (Å²) in [6, 6.07) is 23.6. The van der Waals surface area contributed by atoms with E-state index in [9.17, 15) is 0 Å². The molecule has 2 aliphatic rings. The zero-order valence-corrected chi connectivity index (χ0v) is 33.4. The van der Waals surface area contributed by atoms with Gasteiger partial charge in [0.2, 0.25) is 0 Å². The quantitative estimate of drug-likeness (QED) is 0.135. The average Bonchev–Trinajstić information content (AvgIpc) is 3.07. The van der Waals surface area contributed by atoms with Crippen LogP contribution in [-0.2, 0) is 21.1 Å². The van der Waals surface area contributed by atoms with Gasteiger partial charge in [0.1, 0.15) is 0 Å². The van der Waals surface area contributed by atoms with Crippen LogP contribution in [0, 0.1) is 19.7 Å². The Bertz CT molecular complexity index is 1350. The topological polar surface area (TPSA) is 13.1 Å². The van der Waals surface area contributed by atoms with E-state index < -0.39 is 0 Å². The Balaban J connectivity index is 0.000000306. The SMILES string of the molecule is C[PH+](C)C1CC([PH+](C)C)CC([PH+](C)C)C1.[C-]#[N+]c1ccccc1C1CC(c2ccccc2[N+]#[C-])CC(c2ccccc2[N+]#[C-])C1.[Mo+3]. The van der Waals surface area contributed by atoms with E-state index in [1.165, 1.54) is 0 Å². The van der Waals surface area contributed by atoms with Crippen molar-refractivity contribution in [3.05, 3.63) is 124 Å². The Morgan fingerprint density at radius 1 is 0.435 bits per heavy atom. The fourth-order valence-corrected chi connectivity index (χ4v) is 12.9. The van der Waals surface area contributed by atoms with Crippen molar-refractivity contribution < 1.29 is 21.1 Å². The van der Waals surface area contributed by atoms with Crippen LogP contribution in [0.15, 0.2) is 72.8 Å². The summed E-state index contributed by atoms with van der Waals surface area (Å²) in [5.74, 6) is 0.657. The zero-order chi connectivity index (χ0) is 32.5. The Kier molecular flexibility index (Phi) is 15.6. The van der Waals surface area contributed by atoms with Crippen LogP contribution in [0.3, 0.4) is 0 Å². The van der Waals surface area contributed by atoms with Crippen molar-refractivity contribution in [3.8, 4) is 0 Å². The molecule has 2 aliphatic carbocycles. The van der Waals surface area contributed by atoms with Crippen molar-refractivity contribution in [2.24, 2.45) is 0 Å². The van der Waals surface area contributed by atoms with Crippen molar-refractivity contribution in [1.29, 1.82) is 0 Å². The summed E-state index contributed by atoms with van der Waals surface area (Å²) in [5.41, 5.74) is 8.79. The monoisotopic (exact) mass is 752 g/mol. The minimum atomic E-state index is -0.0338. The molecule has 0 aliphatic heterocycles. The number of benzene rings is 3. The van der Waals surface area contributed by atoms with Gasteiger partial charge in [0, 0.05) is 59.3 Å². The Hall–Kier alpha value is -1.89. The largest absolute Gasteiger partial charge is 3.00 e. The molecule has 2 saturated carbocycles. The maximum absolute atomic E-state index is 7.61. The third kappa shape index (κ3) is 9.82. The van der Waals surface area contributed by atoms with E-state index >= 15 is 0 Å². The van der Waals surface area contributed by atoms with Gasteiger partial charge in [-0.25, -0.2) is 14.5 Å². The standard InChI is InChI=1S/C27H21N3.C12H27P3.Mo/c1-28-25-13-7-4-10-22(25)19-16-20(23-11-5-8-14-26(23)29-2)18-21(17-19)24-12-6-9-15-27(24)30-3;1-13(2)10-7-11(14(3)4)9-12(8-10)15(5)6;/h4-15,19-21H,16-18H2;10-12H,7-9H2,1-6H3;/q;;+3/p+3. The molecule has 0 bridgehead atoms. The van der Waals surface area contributed by atoms with E-state index in [0.29, 0.717) is 17.1 Å². The Labute approximate surface area is 297 Å². The predicted octanol–water partition coefficient (Wildman–Crippen LogP) is 11.9. The molecule has 0 saturated heterocycles. The van der Waals surface area contributed by atoms with Gasteiger partial charge >= 0.3 is 21.1 Å². The molecule has 0 heterocycles. The van der Waals surface area contributed by atoms with E-state index in [0.717, 1.165) is 52.9 Å². The summed E-state index contributed by atoms with van der Waals surface area (Å²) in [5, 5.41) is 0. The van der Waals surface area contributed by atoms with Crippen LogP contribution in [0.5, 0.6) is 0 Å². The fourth-order valence-electron chi connectivity index (χ4n) is 7.62. The first kappa shape index (κ1) is 38.6. The van der Waals surface area contributed by atoms with Crippen LogP contribution >= 0.6 is 23.8 Å². The van der Waals surface area contributed by atoms with Crippen molar-refractivity contribution in [3.63, 3.8) is 0 Å². The van der Waals surface area contributed by atoms with Crippen LogP contribution in [0.1, 0.15) is 73.0 Å². The van der Waals surface area contributed by atoms with Crippen LogP contribution in [-0.4, -0.2) is 57.0 Å². The molecule has 7 heteroatoms. The van der Waals surface area contributed by atoms with Gasteiger partial charge in [-0.05, 0) is 77.5 Å². The van der Waals surface area contributed by atoms with Crippen LogP contribution in [0.4, 0.5) is 17.1 Å². The molecule has 3 aromatic rings. The number of nitrogens with zero attached hydrogens (tertiary/aromatic N) is 3. The average molecular weight is 751 g/mol. The summed E-state index contributed by atoms with van der Waals surface area (Å²) in [4.78, 5) is 11.3. The molecule has 2 fully saturated rings. The molecule has 46 heavy (non-hydrogen) atoms. The van der Waals surface area contributed by atoms with Gasteiger partial charge < -0.3 is 0 Å². The minimum absolute atomic E-state index is 0. The number of hydrogen-bond acceptors (Lipinski definition) is 0. The second-order valence-electron chi connectivity index (χ2n) is 13.8. The Morgan fingerprint density at radius 2 is 0.674 bits per heavy atom. The smallest absolute Gasteiger partial charge is 0.238 e. The van der Waals surface area contributed by atoms with Gasteiger partial charge in [0.15, 0.2) is 17.1 Å². The molecule has 0 aromatic heterocycles. The first-order valence-electron chi connectivity index (χ1n) is 16.5. The summed E-state index contributed by atoms with van der Waals surface area (Å²) in [6.45, 7) is 38.0. The predicted molar refractivity (Wildman–Crippen MR) is 206 cm³/mol. The Morgan fingerprint density at radius 3 is 0.891 bits per heavy atom. The molecule has 0 unspecified atom stereocenters. The molecule has 237 valence electrons. The van der Waals surface area contributed by atoms with E-state index in [4.69, 9.17) is 19.7 Å². The van der Waals surface area contributed by atoms with E-state index in [1.54, 1.807) is 19.3 Å². The van der Waals surface area contributed by atoms with Gasteiger partial charge in [0.05, 0.1) is 36.7 Å². The van der Waals surface area contributed by atoms with Gasteiger partial charge in [-0.15, -0.1) is 0 Å². The first-order valence-corrected chi connectivity index (χ1v) is 24.2. The molecular formula is C39H51MoN3P3+6. The fraction of sp³-hybridized carbons (Fsp3) is 0.462. The van der Waals surface area contributed by atoms with Crippen LogP contribution in [0.25, 0.3) is 14.5 Å². The summed E-state index contributed by atoms with van der Waals surface area (Å²) >= 11 is 0. The van der Waals surface area contributed by atoms with Crippen molar-refractivity contribution >= 4 is 40.8 Å². The third-order valence-electron chi connectivity index (χ3n) is 10.4. The third-order valence-corrected chi connectivity index (χ3v) is 16.7. The summed E-state index contributed by atoms with van der Waals surface area (Å²) in [6.07, 6.45) is 7.51. The van der Waals surface area contributed by atoms with Crippen molar-refractivity contribution in [2.75, 3.05) is 40.0 Å². The van der Waals surface area contributed by atoms with Gasteiger partial charge in [-0.1, -0.05) is 72.8 Å². The number of para-hydroxylation sites is 3. The maximum atomic E-state index is 7.61. The van der Waals surface area contributed by atoms with Gasteiger partial charge in [-0.2, -0.15) is 0 Å². The summed E-state index contributed by atoms with van der Waals surface area (Å²) < 4.78 is 0. The van der Waals surface area contributed by atoms with E-state index in [-0.39, 0.29) is 62.6 Å².